The molecule has 0 unspecified atom stereocenters. The molecule has 54 heavy (non-hydrogen) atoms. The number of nitrogens with zero attached hydrogens (tertiary/aromatic N) is 2. The molecule has 0 aromatic carbocycles. The van der Waals surface area contributed by atoms with Gasteiger partial charge in [0, 0.05) is 29.4 Å². The number of halogens is 1. The second-order valence-electron chi connectivity index (χ2n) is 19.5. The van der Waals surface area contributed by atoms with Gasteiger partial charge in [0.1, 0.15) is 0 Å². The van der Waals surface area contributed by atoms with Gasteiger partial charge in [-0.1, -0.05) is 93.4 Å². The zero-order chi connectivity index (χ0) is 37.6. The second-order valence-corrected chi connectivity index (χ2v) is 19.5. The van der Waals surface area contributed by atoms with Crippen LogP contribution in [0.4, 0.5) is 10.1 Å². The molecule has 0 aliphatic heterocycles. The van der Waals surface area contributed by atoms with Crippen molar-refractivity contribution in [3.05, 3.63) is 113 Å². The standard InChI is InChI=1S/C25H32N2.C24H28FNO/c1-16-8-10-24(2)18(12-16)4-5-20-22-7-6-21(17-13-19(26)15-27-14-17)25(22,3)11-9-23(20)24;1-23-11-9-17(27)13-16(23)4-5-18-20-7-6-19(15-3-8-22(25)26-14-15)24(20,2)12-10-21(18)23/h4,6-7,13-16,20,23H,5,8-12,26H2,1-3H3;3-4,6-8,14,17-18,21,27H,5,9-13H2,1-2H3/t16-,20-,23-,24-,25+;17-,18-,21-,23-,24+/m00/s1. The molecule has 10 atom stereocenters. The molecule has 5 heteroatoms. The molecule has 4 saturated carbocycles. The largest absolute Gasteiger partial charge is 0.397 e. The van der Waals surface area contributed by atoms with E-state index in [9.17, 15) is 9.50 Å². The number of aliphatic hydroxyl groups is 1. The lowest BCUT2D eigenvalue weighted by Crippen LogP contribution is -2.47. The third kappa shape index (κ3) is 5.52. The van der Waals surface area contributed by atoms with E-state index in [2.05, 4.69) is 87.1 Å². The van der Waals surface area contributed by atoms with Crippen LogP contribution in [-0.4, -0.2) is 21.2 Å². The summed E-state index contributed by atoms with van der Waals surface area (Å²) in [5.74, 6) is 3.21. The first-order valence-corrected chi connectivity index (χ1v) is 21.1. The quantitative estimate of drug-likeness (QED) is 0.239. The number of allylic oxidation sites excluding steroid dienone is 11. The van der Waals surface area contributed by atoms with E-state index in [0.717, 1.165) is 55.2 Å². The molecular formula is C49H60FN3O. The van der Waals surface area contributed by atoms with Crippen LogP contribution >= 0.6 is 0 Å². The zero-order valence-corrected chi connectivity index (χ0v) is 33.2. The SMILES string of the molecule is C[C@H]1CC[C@@]2(C)C(=CC[C@H]3C4=CC=C(c5cncc(N)c5)[C@@]4(C)CC[C@@H]32)C1.C[C@]12CC[C@H]3[C@@H](CC=C4C[C@@H](O)CC[C@@]43C)C1=CC=C2c1ccc(F)nc1. The van der Waals surface area contributed by atoms with Gasteiger partial charge in [-0.15, -0.1) is 0 Å². The third-order valence-corrected chi connectivity index (χ3v) is 16.6. The lowest BCUT2D eigenvalue weighted by molar-refractivity contribution is 0.0369. The Hall–Kier alpha value is -3.57. The van der Waals surface area contributed by atoms with E-state index >= 15 is 0 Å². The number of anilines is 1. The van der Waals surface area contributed by atoms with Crippen molar-refractivity contribution in [1.82, 2.24) is 9.97 Å². The summed E-state index contributed by atoms with van der Waals surface area (Å²) in [4.78, 5) is 8.23. The number of aromatic nitrogens is 2. The summed E-state index contributed by atoms with van der Waals surface area (Å²) in [5.41, 5.74) is 19.1. The molecule has 0 radical (unpaired) electrons. The molecule has 0 saturated heterocycles. The molecule has 284 valence electrons. The van der Waals surface area contributed by atoms with Gasteiger partial charge in [-0.3, -0.25) is 4.98 Å². The highest BCUT2D eigenvalue weighted by molar-refractivity contribution is 5.80. The minimum atomic E-state index is -0.420. The molecule has 2 aromatic rings. The summed E-state index contributed by atoms with van der Waals surface area (Å²) in [7, 11) is 0. The number of nitrogens with two attached hydrogens (primary N) is 1. The van der Waals surface area contributed by atoms with Crippen molar-refractivity contribution >= 4 is 16.8 Å². The molecule has 10 rings (SSSR count). The molecule has 4 fully saturated rings. The molecule has 8 aliphatic rings. The van der Waals surface area contributed by atoms with E-state index in [0.29, 0.717) is 23.2 Å². The topological polar surface area (TPSA) is 72.0 Å². The van der Waals surface area contributed by atoms with Gasteiger partial charge in [0.25, 0.3) is 0 Å². The van der Waals surface area contributed by atoms with Crippen LogP contribution in [0.3, 0.4) is 0 Å². The van der Waals surface area contributed by atoms with Crippen LogP contribution in [0.2, 0.25) is 0 Å². The second kappa shape index (κ2) is 13.0. The van der Waals surface area contributed by atoms with E-state index in [1.54, 1.807) is 29.1 Å². The first-order chi connectivity index (χ1) is 25.8. The van der Waals surface area contributed by atoms with Crippen molar-refractivity contribution in [1.29, 1.82) is 0 Å². The summed E-state index contributed by atoms with van der Waals surface area (Å²) < 4.78 is 13.3. The molecule has 3 N–H and O–H groups in total. The molecular weight excluding hydrogens is 666 g/mol. The van der Waals surface area contributed by atoms with Gasteiger partial charge < -0.3 is 10.8 Å². The Kier molecular flexibility index (Phi) is 8.69. The van der Waals surface area contributed by atoms with Crippen LogP contribution in [0.1, 0.15) is 123 Å². The predicted molar refractivity (Wildman–Crippen MR) is 218 cm³/mol. The van der Waals surface area contributed by atoms with Crippen molar-refractivity contribution in [3.8, 4) is 0 Å². The van der Waals surface area contributed by atoms with Gasteiger partial charge in [-0.2, -0.15) is 4.39 Å². The fraction of sp³-hybridized carbons (Fsp3) is 0.551. The number of fused-ring (bicyclic) bond motifs is 10. The average molecular weight is 726 g/mol. The first kappa shape index (κ1) is 36.1. The highest BCUT2D eigenvalue weighted by Crippen LogP contribution is 2.66. The predicted octanol–water partition coefficient (Wildman–Crippen LogP) is 11.6. The van der Waals surface area contributed by atoms with Crippen molar-refractivity contribution in [3.63, 3.8) is 0 Å². The van der Waals surface area contributed by atoms with Crippen LogP contribution in [0.5, 0.6) is 0 Å². The van der Waals surface area contributed by atoms with E-state index < -0.39 is 5.95 Å². The van der Waals surface area contributed by atoms with E-state index in [1.807, 2.05) is 12.3 Å². The van der Waals surface area contributed by atoms with E-state index in [-0.39, 0.29) is 22.3 Å². The Labute approximate surface area is 322 Å². The van der Waals surface area contributed by atoms with Crippen LogP contribution in [0.15, 0.2) is 95.5 Å². The van der Waals surface area contributed by atoms with Crippen LogP contribution in [0.25, 0.3) is 11.1 Å². The maximum atomic E-state index is 13.3. The van der Waals surface area contributed by atoms with Crippen LogP contribution in [-0.2, 0) is 0 Å². The number of aliphatic hydroxyl groups excluding tert-OH is 1. The average Bonchev–Trinajstić information content (AvgIpc) is 3.70. The maximum Gasteiger partial charge on any atom is 0.212 e. The minimum Gasteiger partial charge on any atom is -0.397 e. The minimum absolute atomic E-state index is 0.0383. The Morgan fingerprint density at radius 2 is 1.30 bits per heavy atom. The number of pyridine rings is 2. The summed E-state index contributed by atoms with van der Waals surface area (Å²) in [6, 6.07) is 5.42. The van der Waals surface area contributed by atoms with E-state index in [4.69, 9.17) is 5.73 Å². The fourth-order valence-corrected chi connectivity index (χ4v) is 13.5. The van der Waals surface area contributed by atoms with E-state index in [1.165, 1.54) is 73.3 Å². The smallest absolute Gasteiger partial charge is 0.212 e. The Balaban J connectivity index is 0.000000142. The number of rotatable bonds is 2. The van der Waals surface area contributed by atoms with Gasteiger partial charge >= 0.3 is 0 Å². The Morgan fingerprint density at radius 1 is 0.704 bits per heavy atom. The number of hydrogen-bond donors (Lipinski definition) is 2. The molecule has 0 spiro atoms. The van der Waals surface area contributed by atoms with Crippen molar-refractivity contribution in [2.45, 2.75) is 118 Å². The molecule has 8 aliphatic carbocycles. The van der Waals surface area contributed by atoms with Crippen LogP contribution in [0, 0.1) is 57.2 Å². The van der Waals surface area contributed by atoms with Gasteiger partial charge in [0.05, 0.1) is 11.8 Å². The number of nitrogen functional groups attached to an aromatic ring is 1. The Bertz CT molecular complexity index is 2040. The Morgan fingerprint density at radius 3 is 1.89 bits per heavy atom. The lowest BCUT2D eigenvalue weighted by atomic mass is 9.48. The normalized spacial score (nSPS) is 40.3. The summed E-state index contributed by atoms with van der Waals surface area (Å²) in [6.45, 7) is 12.3. The monoisotopic (exact) mass is 725 g/mol. The van der Waals surface area contributed by atoms with Crippen molar-refractivity contribution < 1.29 is 9.50 Å². The molecule has 0 bridgehead atoms. The van der Waals surface area contributed by atoms with Crippen LogP contribution < -0.4 is 5.73 Å². The summed E-state index contributed by atoms with van der Waals surface area (Å²) in [5, 5.41) is 10.1. The molecule has 2 aromatic heterocycles. The van der Waals surface area contributed by atoms with Crippen molar-refractivity contribution in [2.75, 3.05) is 5.73 Å². The van der Waals surface area contributed by atoms with Gasteiger partial charge in [-0.25, -0.2) is 4.98 Å². The molecule has 2 heterocycles. The molecule has 0 amide bonds. The molecule has 4 nitrogen and oxygen atoms in total. The summed E-state index contributed by atoms with van der Waals surface area (Å²) >= 11 is 0. The van der Waals surface area contributed by atoms with Gasteiger partial charge in [0.15, 0.2) is 0 Å². The van der Waals surface area contributed by atoms with Crippen molar-refractivity contribution in [2.24, 2.45) is 51.2 Å². The van der Waals surface area contributed by atoms with Gasteiger partial charge in [0.2, 0.25) is 5.95 Å². The summed E-state index contributed by atoms with van der Waals surface area (Å²) in [6.07, 6.45) is 34.0. The third-order valence-electron chi connectivity index (χ3n) is 16.6. The maximum absolute atomic E-state index is 13.3. The zero-order valence-electron chi connectivity index (χ0n) is 33.2. The fourth-order valence-electron chi connectivity index (χ4n) is 13.5. The van der Waals surface area contributed by atoms with Gasteiger partial charge in [-0.05, 0) is 158 Å². The first-order valence-electron chi connectivity index (χ1n) is 21.1. The highest BCUT2D eigenvalue weighted by Gasteiger charge is 2.55. The lowest BCUT2D eigenvalue weighted by Gasteiger charge is -2.56. The number of hydrogen-bond acceptors (Lipinski definition) is 4. The highest BCUT2D eigenvalue weighted by atomic mass is 19.1.